The first-order valence-corrected chi connectivity index (χ1v) is 29.6. The number of nitrogen functional groups attached to an aromatic ring is 1. The van der Waals surface area contributed by atoms with Gasteiger partial charge in [0.2, 0.25) is 20.7 Å². The van der Waals surface area contributed by atoms with Crippen LogP contribution in [0.2, 0.25) is 5.35 Å². The number of aliphatic imine (C=N–C) groups is 2. The van der Waals surface area contributed by atoms with E-state index in [1.54, 1.807) is 100 Å². The number of aromatic amines is 4. The van der Waals surface area contributed by atoms with Crippen molar-refractivity contribution in [1.82, 2.24) is 34.9 Å². The third kappa shape index (κ3) is 37.4. The molecule has 7 aromatic heterocycles. The number of thiol groups is 1. The fraction of sp³-hybridized carbons (Fsp3) is 0.377. The summed E-state index contributed by atoms with van der Waals surface area (Å²) in [5.74, 6) is -2.87. The Bertz CT molecular complexity index is 3420. The van der Waals surface area contributed by atoms with Gasteiger partial charge in [0.15, 0.2) is 12.1 Å². The number of nitrogens with zero attached hydrogens (tertiary/aromatic N) is 5. The number of oxazole rings is 2. The maximum atomic E-state index is 11.5. The predicted octanol–water partition coefficient (Wildman–Crippen LogP) is 8.89. The first-order valence-electron chi connectivity index (χ1n) is 23.8. The number of aliphatic carboxylic acids is 3. The van der Waals surface area contributed by atoms with Gasteiger partial charge in [-0.05, 0) is 114 Å². The third-order valence-electron chi connectivity index (χ3n) is 9.79. The monoisotopic (exact) mass is 1480 g/mol. The zero-order valence-electron chi connectivity index (χ0n) is 47.2. The smallest absolute Gasteiger partial charge is 0.480 e. The molecule has 36 heteroatoms. The van der Waals surface area contributed by atoms with Gasteiger partial charge in [0.1, 0.15) is 17.1 Å². The molecule has 89 heavy (non-hydrogen) atoms. The summed E-state index contributed by atoms with van der Waals surface area (Å²) in [6.07, 6.45) is 8.73. The van der Waals surface area contributed by atoms with E-state index < -0.39 is 66.7 Å². The number of anilines is 1. The molecule has 11 N–H and O–H groups in total. The third-order valence-corrected chi connectivity index (χ3v) is 12.9. The quantitative estimate of drug-likeness (QED) is 0.0223. The van der Waals surface area contributed by atoms with E-state index in [1.165, 1.54) is 23.5 Å². The number of carboxylic acids is 3. The van der Waals surface area contributed by atoms with Crippen LogP contribution in [0.3, 0.4) is 0 Å². The summed E-state index contributed by atoms with van der Waals surface area (Å²) in [6, 6.07) is 15.0. The van der Waals surface area contributed by atoms with Crippen LogP contribution in [0.25, 0.3) is 22.5 Å². The van der Waals surface area contributed by atoms with Gasteiger partial charge in [-0.2, -0.15) is 21.8 Å². The van der Waals surface area contributed by atoms with Crippen LogP contribution in [0.5, 0.6) is 0 Å². The molecule has 0 radical (unpaired) electrons. The number of hydrogen-bond donors (Lipinski definition) is 10. The summed E-state index contributed by atoms with van der Waals surface area (Å²) in [5, 5.41) is 28.1. The topological polar surface area (TPSA) is 385 Å². The van der Waals surface area contributed by atoms with Gasteiger partial charge in [0.05, 0.1) is 24.3 Å². The van der Waals surface area contributed by atoms with Crippen molar-refractivity contribution in [3.63, 3.8) is 0 Å². The Morgan fingerprint density at radius 3 is 1.51 bits per heavy atom. The van der Waals surface area contributed by atoms with Gasteiger partial charge >= 0.3 is 69.3 Å². The number of nitrogens with one attached hydrogen (secondary N) is 4. The minimum absolute atomic E-state index is 0. The zero-order valence-corrected chi connectivity index (χ0v) is 58.2. The maximum absolute atomic E-state index is 11.5. The van der Waals surface area contributed by atoms with E-state index in [2.05, 4.69) is 104 Å². The summed E-state index contributed by atoms with van der Waals surface area (Å²) >= 11 is 25.8. The Morgan fingerprint density at radius 1 is 0.820 bits per heavy atom. The van der Waals surface area contributed by atoms with Crippen LogP contribution < -0.4 is 79.5 Å². The van der Waals surface area contributed by atoms with Crippen molar-refractivity contribution in [3.8, 4) is 0 Å². The molecule has 0 fully saturated rings. The average Bonchev–Trinajstić information content (AvgIpc) is 4.37. The van der Waals surface area contributed by atoms with Crippen molar-refractivity contribution >= 4 is 188 Å². The van der Waals surface area contributed by atoms with Crippen molar-refractivity contribution in [2.75, 3.05) is 12.9 Å². The number of pyridine rings is 5. The molecule has 0 spiro atoms. The van der Waals surface area contributed by atoms with E-state index in [9.17, 15) is 33.2 Å². The van der Waals surface area contributed by atoms with Gasteiger partial charge in [-0.25, -0.2) is 23.8 Å². The van der Waals surface area contributed by atoms with Gasteiger partial charge < -0.3 is 80.4 Å². The Hall–Kier alpha value is -3.94. The number of hydrogen-bond acceptors (Lipinski definition) is 22. The van der Waals surface area contributed by atoms with E-state index in [1.807, 2.05) is 39.8 Å². The van der Waals surface area contributed by atoms with Crippen LogP contribution in [-0.4, -0.2) is 126 Å². The van der Waals surface area contributed by atoms with Crippen molar-refractivity contribution in [3.05, 3.63) is 144 Å². The van der Waals surface area contributed by atoms with E-state index in [0.29, 0.717) is 60.0 Å². The molecule has 3 unspecified atom stereocenters. The minimum atomic E-state index is -1.67. The standard InChI is InChI=1S/2C12H14N2O3S.C6H3ClN2O.C6H4N2OS.C5H6N2O.C5H11NO2S.C2H4S2.CH3F.4CH4.Cl2OS.ClH.K/c2*1-12(2)9(11(16)17)14-8(18-12)6-7-4-3-5-13-10(7)15;7-6-9-4-2-1-3-8-5(4)10-6;10-6-8-4-2-1-3-7-5(4)9-6;6-4-2-1-3-7-5(4)8;1-5(2,9)3(6)4(7)8;1-2(3)4;1-2;;;;;1-4(2)3;;/h2*3-5,9H,6H2,1-2H3,(H,13,15)(H,16,17);1-3H;1-3H,(H,8,10);1-3H,6H2,(H,7,8);3,9H,6H2,1-2H3,(H,7,8);1H3,(H,3,4);1H3;4*1H4;;1H;/q;;;;;;;;;;;;;;+1/p-1/i;;;;;;;1D;;;;;;;. The van der Waals surface area contributed by atoms with E-state index in [-0.39, 0.29) is 121 Å². The molecular formula is C53H75Cl4FKN11O12S7. The largest absolute Gasteiger partial charge is 1.00 e. The Kier molecular flexibility index (Phi) is 50.4. The van der Waals surface area contributed by atoms with Crippen LogP contribution in [0, 0.1) is 4.84 Å². The van der Waals surface area contributed by atoms with Crippen LogP contribution in [0.1, 0.15) is 90.7 Å². The first-order chi connectivity index (χ1) is 39.1. The van der Waals surface area contributed by atoms with E-state index >= 15 is 0 Å². The number of aromatic nitrogens is 7. The summed E-state index contributed by atoms with van der Waals surface area (Å²) in [5.41, 5.74) is 13.9. The Labute approximate surface area is 612 Å². The maximum Gasteiger partial charge on any atom is 1.00 e. The number of nitrogens with two attached hydrogens (primary N) is 2. The van der Waals surface area contributed by atoms with Crippen LogP contribution in [0.15, 0.2) is 125 Å². The average molecular weight is 1480 g/mol. The summed E-state index contributed by atoms with van der Waals surface area (Å²) in [7, 11) is 6.36. The molecule has 2 aliphatic heterocycles. The number of carbonyl (C=O) groups is 3. The number of rotatable bonds is 8. The van der Waals surface area contributed by atoms with Crippen molar-refractivity contribution < 1.29 is 99.9 Å². The molecule has 0 saturated heterocycles. The van der Waals surface area contributed by atoms with E-state index in [0.717, 1.165) is 5.52 Å². The van der Waals surface area contributed by atoms with Crippen molar-refractivity contribution in [1.29, 1.82) is 0 Å². The molecule has 0 saturated carbocycles. The van der Waals surface area contributed by atoms with Gasteiger partial charge in [0, 0.05) is 90.6 Å². The van der Waals surface area contributed by atoms with E-state index in [4.69, 9.17) is 65.0 Å². The fourth-order valence-corrected chi connectivity index (χ4v) is 9.01. The van der Waals surface area contributed by atoms with Gasteiger partial charge in [-0.1, -0.05) is 48.8 Å². The SMILES string of the molecule is C.C.C.C.CC(=S)[S-].CC(C)(S)C(N)C(=O)O.CC1(C)SC(Cc2ccc[nH]c2=O)=NC1C(=O)O.CC1(C)SC(Cc2ccc[nH]c2=O)=NC1C(=O)O.Cl.Clc1nc2cccnc2o1.Nc1ccc[nH]c1=O.O=S(Cl)Cl.S=c1[nH]c2cccnc2o1.[2H]CF.[K+]. The van der Waals surface area contributed by atoms with Gasteiger partial charge in [0.25, 0.3) is 26.9 Å². The number of carboxylic acid groups (broad SMARTS) is 3. The molecule has 9 rings (SSSR count). The molecule has 7 aromatic rings. The number of thioether (sulfide) groups is 2. The second-order valence-electron chi connectivity index (χ2n) is 17.6. The van der Waals surface area contributed by atoms with Crippen LogP contribution >= 0.6 is 106 Å². The van der Waals surface area contributed by atoms with Gasteiger partial charge in [-0.3, -0.25) is 33.6 Å². The molecule has 2 aliphatic rings. The summed E-state index contributed by atoms with van der Waals surface area (Å²) in [6.45, 7) is 12.4. The summed E-state index contributed by atoms with van der Waals surface area (Å²) < 4.78 is 33.5. The first kappa shape index (κ1) is 93.8. The minimum Gasteiger partial charge on any atom is -0.480 e. The predicted molar refractivity (Wildman–Crippen MR) is 375 cm³/mol. The summed E-state index contributed by atoms with van der Waals surface area (Å²) in [4.78, 5) is 96.8. The normalized spacial score (nSPS) is 14.3. The molecule has 0 aliphatic carbocycles. The number of halogens is 5. The van der Waals surface area contributed by atoms with Crippen molar-refractivity contribution in [2.24, 2.45) is 15.7 Å². The van der Waals surface area contributed by atoms with Crippen LogP contribution in [-0.2, 0) is 49.1 Å². The zero-order chi connectivity index (χ0) is 64.1. The number of H-pyrrole nitrogens is 4. The molecule has 3 atom stereocenters. The molecule has 0 aromatic carbocycles. The second kappa shape index (κ2) is 47.9. The molecule has 0 bridgehead atoms. The fourth-order valence-electron chi connectivity index (χ4n) is 6.03. The molecule has 0 amide bonds. The number of alkyl halides is 1. The number of fused-ring (bicyclic) bond motifs is 2. The molecule has 9 heterocycles. The Morgan fingerprint density at radius 2 is 1.20 bits per heavy atom. The second-order valence-corrected chi connectivity index (χ2v) is 26.9. The molecule has 492 valence electrons. The number of thiocarbonyl (C=S) groups is 1. The van der Waals surface area contributed by atoms with Crippen LogP contribution in [0.4, 0.5) is 10.1 Å². The molecule has 23 nitrogen and oxygen atoms in total. The van der Waals surface area contributed by atoms with Crippen molar-refractivity contribution in [2.45, 2.75) is 123 Å². The Balaban J connectivity index is -0.000000229. The molecular weight excluding hydrogens is 1410 g/mol. The van der Waals surface area contributed by atoms with Gasteiger partial charge in [-0.15, -0.1) is 35.9 Å².